The van der Waals surface area contributed by atoms with Crippen molar-refractivity contribution in [3.8, 4) is 16.9 Å². The van der Waals surface area contributed by atoms with Gasteiger partial charge in [-0.3, -0.25) is 0 Å². The van der Waals surface area contributed by atoms with Crippen molar-refractivity contribution in [2.24, 2.45) is 0 Å². The lowest BCUT2D eigenvalue weighted by Gasteiger charge is -2.15. The van der Waals surface area contributed by atoms with Gasteiger partial charge in [0.2, 0.25) is 0 Å². The second kappa shape index (κ2) is 5.32. The molecule has 2 rings (SSSR count). The molecule has 100 valence electrons. The van der Waals surface area contributed by atoms with E-state index in [9.17, 15) is 13.0 Å². The summed E-state index contributed by atoms with van der Waals surface area (Å²) in [4.78, 5) is -0.258. The molecule has 0 radical (unpaired) electrons. The molecular formula is C13H10BrO4S-. The lowest BCUT2D eigenvalue weighted by molar-refractivity contribution is 0.416. The van der Waals surface area contributed by atoms with Crippen LogP contribution in [0, 0.1) is 0 Å². The average Bonchev–Trinajstić information content (AvgIpc) is 2.37. The van der Waals surface area contributed by atoms with Gasteiger partial charge in [0.15, 0.2) is 0 Å². The van der Waals surface area contributed by atoms with Gasteiger partial charge < -0.3 is 9.29 Å². The molecule has 0 aliphatic carbocycles. The van der Waals surface area contributed by atoms with Crippen molar-refractivity contribution in [2.75, 3.05) is 7.11 Å². The third-order valence-electron chi connectivity index (χ3n) is 2.61. The third-order valence-corrected chi connectivity index (χ3v) is 4.00. The Kier molecular flexibility index (Phi) is 3.93. The minimum Gasteiger partial charge on any atom is -0.744 e. The Morgan fingerprint density at radius 2 is 1.79 bits per heavy atom. The van der Waals surface area contributed by atoms with Crippen LogP contribution in [-0.4, -0.2) is 20.1 Å². The van der Waals surface area contributed by atoms with Crippen molar-refractivity contribution in [1.29, 1.82) is 0 Å². The Hall–Kier alpha value is -1.37. The van der Waals surface area contributed by atoms with Gasteiger partial charge in [0.1, 0.15) is 15.9 Å². The third kappa shape index (κ3) is 2.97. The molecule has 0 saturated heterocycles. The molecule has 0 amide bonds. The summed E-state index contributed by atoms with van der Waals surface area (Å²) in [7, 11) is -3.05. The number of hydrogen-bond acceptors (Lipinski definition) is 4. The van der Waals surface area contributed by atoms with Crippen molar-refractivity contribution in [1.82, 2.24) is 0 Å². The van der Waals surface area contributed by atoms with E-state index in [2.05, 4.69) is 15.9 Å². The maximum absolute atomic E-state index is 11.3. The van der Waals surface area contributed by atoms with Crippen molar-refractivity contribution in [3.63, 3.8) is 0 Å². The average molecular weight is 342 g/mol. The first-order valence-corrected chi connectivity index (χ1v) is 7.52. The number of methoxy groups -OCH3 is 1. The van der Waals surface area contributed by atoms with Gasteiger partial charge in [-0.2, -0.15) is 0 Å². The Labute approximate surface area is 119 Å². The standard InChI is InChI=1S/C13H11BrO4S/c1-18-12-7-6-9(14)8-11(12)10-4-2-3-5-13(10)19(15,16)17/h2-8H,1H3,(H,15,16,17)/p-1. The zero-order chi connectivity index (χ0) is 14.0. The van der Waals surface area contributed by atoms with E-state index in [1.54, 1.807) is 30.3 Å². The largest absolute Gasteiger partial charge is 0.744 e. The smallest absolute Gasteiger partial charge is 0.126 e. The maximum atomic E-state index is 11.3. The molecule has 0 spiro atoms. The highest BCUT2D eigenvalue weighted by atomic mass is 79.9. The van der Waals surface area contributed by atoms with Gasteiger partial charge >= 0.3 is 0 Å². The Morgan fingerprint density at radius 3 is 2.42 bits per heavy atom. The van der Waals surface area contributed by atoms with Gasteiger partial charge in [-0.05, 0) is 24.3 Å². The normalized spacial score (nSPS) is 11.3. The Morgan fingerprint density at radius 1 is 1.11 bits per heavy atom. The minimum atomic E-state index is -4.54. The minimum absolute atomic E-state index is 0.258. The number of rotatable bonds is 3. The van der Waals surface area contributed by atoms with Crippen LogP contribution in [0.5, 0.6) is 5.75 Å². The molecule has 2 aromatic rings. The molecule has 0 N–H and O–H groups in total. The molecule has 0 heterocycles. The van der Waals surface area contributed by atoms with Gasteiger partial charge in [0.05, 0.1) is 12.0 Å². The number of hydrogen-bond donors (Lipinski definition) is 0. The van der Waals surface area contributed by atoms with Crippen LogP contribution in [0.1, 0.15) is 0 Å². The molecule has 4 nitrogen and oxygen atoms in total. The molecule has 19 heavy (non-hydrogen) atoms. The van der Waals surface area contributed by atoms with E-state index < -0.39 is 10.1 Å². The summed E-state index contributed by atoms with van der Waals surface area (Å²) in [5.74, 6) is 0.499. The molecule has 0 fully saturated rings. The fourth-order valence-electron chi connectivity index (χ4n) is 1.80. The van der Waals surface area contributed by atoms with Crippen LogP contribution in [0.2, 0.25) is 0 Å². The Bertz CT molecular complexity index is 710. The van der Waals surface area contributed by atoms with E-state index in [1.807, 2.05) is 0 Å². The fraction of sp³-hybridized carbons (Fsp3) is 0.0769. The SMILES string of the molecule is COc1ccc(Br)cc1-c1ccccc1S(=O)(=O)[O-]. The molecule has 0 unspecified atom stereocenters. The topological polar surface area (TPSA) is 66.4 Å². The van der Waals surface area contributed by atoms with Crippen LogP contribution in [0.4, 0.5) is 0 Å². The molecular weight excluding hydrogens is 332 g/mol. The van der Waals surface area contributed by atoms with Gasteiger partial charge in [-0.15, -0.1) is 0 Å². The van der Waals surface area contributed by atoms with Crippen LogP contribution in [0.25, 0.3) is 11.1 Å². The highest BCUT2D eigenvalue weighted by Crippen LogP contribution is 2.36. The molecule has 0 atom stereocenters. The summed E-state index contributed by atoms with van der Waals surface area (Å²) < 4.78 is 39.9. The first-order chi connectivity index (χ1) is 8.93. The quantitative estimate of drug-likeness (QED) is 0.804. The van der Waals surface area contributed by atoms with Gasteiger partial charge in [0.25, 0.3) is 0 Å². The highest BCUT2D eigenvalue weighted by Gasteiger charge is 2.14. The summed E-state index contributed by atoms with van der Waals surface area (Å²) in [5.41, 5.74) is 0.877. The van der Waals surface area contributed by atoms with Gasteiger partial charge in [-0.1, -0.05) is 34.1 Å². The van der Waals surface area contributed by atoms with E-state index in [1.165, 1.54) is 19.2 Å². The zero-order valence-electron chi connectivity index (χ0n) is 9.96. The van der Waals surface area contributed by atoms with Crippen molar-refractivity contribution in [2.45, 2.75) is 4.90 Å². The molecule has 0 aliphatic heterocycles. The first-order valence-electron chi connectivity index (χ1n) is 5.32. The molecule has 0 aliphatic rings. The summed E-state index contributed by atoms with van der Waals surface area (Å²) >= 11 is 3.31. The lowest BCUT2D eigenvalue weighted by Crippen LogP contribution is -2.01. The maximum Gasteiger partial charge on any atom is 0.126 e. The fourth-order valence-corrected chi connectivity index (χ4v) is 2.85. The lowest BCUT2D eigenvalue weighted by atomic mass is 10.0. The van der Waals surface area contributed by atoms with E-state index in [4.69, 9.17) is 4.74 Å². The van der Waals surface area contributed by atoms with Crippen molar-refractivity contribution >= 4 is 26.0 Å². The molecule has 2 aromatic carbocycles. The summed E-state index contributed by atoms with van der Waals surface area (Å²) in [6.45, 7) is 0. The summed E-state index contributed by atoms with van der Waals surface area (Å²) in [6, 6.07) is 11.2. The number of halogens is 1. The van der Waals surface area contributed by atoms with Crippen LogP contribution >= 0.6 is 15.9 Å². The monoisotopic (exact) mass is 341 g/mol. The first kappa shape index (κ1) is 14.0. The summed E-state index contributed by atoms with van der Waals surface area (Å²) in [5, 5.41) is 0. The molecule has 0 aromatic heterocycles. The molecule has 6 heteroatoms. The highest BCUT2D eigenvalue weighted by molar-refractivity contribution is 9.10. The van der Waals surface area contributed by atoms with Crippen LogP contribution < -0.4 is 4.74 Å². The van der Waals surface area contributed by atoms with Gasteiger partial charge in [-0.25, -0.2) is 8.42 Å². The zero-order valence-corrected chi connectivity index (χ0v) is 12.4. The van der Waals surface area contributed by atoms with Crippen LogP contribution in [0.15, 0.2) is 51.8 Å². The predicted octanol–water partition coefficient (Wildman–Crippen LogP) is 3.03. The van der Waals surface area contributed by atoms with Crippen molar-refractivity contribution in [3.05, 3.63) is 46.9 Å². The van der Waals surface area contributed by atoms with Crippen LogP contribution in [0.3, 0.4) is 0 Å². The van der Waals surface area contributed by atoms with Gasteiger partial charge in [0, 0.05) is 15.6 Å². The van der Waals surface area contributed by atoms with Crippen LogP contribution in [-0.2, 0) is 10.1 Å². The molecule has 0 saturated carbocycles. The van der Waals surface area contributed by atoms with Crippen molar-refractivity contribution < 1.29 is 17.7 Å². The molecule has 0 bridgehead atoms. The van der Waals surface area contributed by atoms with E-state index in [0.717, 1.165) is 4.47 Å². The number of ether oxygens (including phenoxy) is 1. The van der Waals surface area contributed by atoms with E-state index in [0.29, 0.717) is 16.9 Å². The second-order valence-electron chi connectivity index (χ2n) is 3.79. The Balaban J connectivity index is 2.76. The second-order valence-corrected chi connectivity index (χ2v) is 6.06. The number of benzene rings is 2. The van der Waals surface area contributed by atoms with E-state index >= 15 is 0 Å². The predicted molar refractivity (Wildman–Crippen MR) is 74.1 cm³/mol. The van der Waals surface area contributed by atoms with E-state index in [-0.39, 0.29) is 4.90 Å². The summed E-state index contributed by atoms with van der Waals surface area (Å²) in [6.07, 6.45) is 0.